The van der Waals surface area contributed by atoms with Gasteiger partial charge in [-0.05, 0) is 6.92 Å². The van der Waals surface area contributed by atoms with Gasteiger partial charge in [-0.1, -0.05) is 0 Å². The molecule has 0 spiro atoms. The maximum atomic E-state index is 11.7. The standard InChI is InChI=1S/C7H13F3N2O3S/c1-3-16(14,15)12(2)4-6(13)11-5-7(8,9)10/h3-5H2,1-2H3,(H,11,13). The maximum Gasteiger partial charge on any atom is 0.405 e. The third-order valence-electron chi connectivity index (χ3n) is 1.69. The molecule has 0 aromatic carbocycles. The fraction of sp³-hybridized carbons (Fsp3) is 0.857. The van der Waals surface area contributed by atoms with Crippen molar-refractivity contribution in [3.63, 3.8) is 0 Å². The molecule has 0 atom stereocenters. The van der Waals surface area contributed by atoms with E-state index in [1.165, 1.54) is 6.92 Å². The average molecular weight is 262 g/mol. The van der Waals surface area contributed by atoms with Crippen LogP contribution in [0, 0.1) is 0 Å². The molecule has 0 aliphatic rings. The summed E-state index contributed by atoms with van der Waals surface area (Å²) in [7, 11) is -2.42. The second-order valence-corrected chi connectivity index (χ2v) is 5.41. The van der Waals surface area contributed by atoms with E-state index in [1.54, 1.807) is 5.32 Å². The van der Waals surface area contributed by atoms with E-state index in [9.17, 15) is 26.4 Å². The summed E-state index contributed by atoms with van der Waals surface area (Å²) in [4.78, 5) is 10.9. The Hall–Kier alpha value is -0.830. The van der Waals surface area contributed by atoms with E-state index < -0.39 is 35.2 Å². The Morgan fingerprint density at radius 1 is 1.38 bits per heavy atom. The molecule has 0 aliphatic heterocycles. The molecule has 0 saturated heterocycles. The Morgan fingerprint density at radius 2 is 1.88 bits per heavy atom. The number of alkyl halides is 3. The molecular weight excluding hydrogens is 249 g/mol. The van der Waals surface area contributed by atoms with Gasteiger partial charge in [0.2, 0.25) is 15.9 Å². The molecule has 0 aromatic heterocycles. The van der Waals surface area contributed by atoms with Crippen LogP contribution in [0.3, 0.4) is 0 Å². The molecular formula is C7H13F3N2O3S. The Balaban J connectivity index is 4.17. The second kappa shape index (κ2) is 5.48. The molecule has 16 heavy (non-hydrogen) atoms. The van der Waals surface area contributed by atoms with Gasteiger partial charge in [0.1, 0.15) is 6.54 Å². The van der Waals surface area contributed by atoms with Crippen molar-refractivity contribution in [3.05, 3.63) is 0 Å². The average Bonchev–Trinajstić information content (AvgIpc) is 2.13. The zero-order valence-corrected chi connectivity index (χ0v) is 9.65. The monoisotopic (exact) mass is 262 g/mol. The molecule has 0 radical (unpaired) electrons. The smallest absolute Gasteiger partial charge is 0.346 e. The molecule has 0 saturated carbocycles. The van der Waals surface area contributed by atoms with Crippen molar-refractivity contribution in [1.29, 1.82) is 0 Å². The van der Waals surface area contributed by atoms with Crippen LogP contribution in [0.15, 0.2) is 0 Å². The van der Waals surface area contributed by atoms with E-state index in [4.69, 9.17) is 0 Å². The summed E-state index contributed by atoms with van der Waals surface area (Å²) in [6.07, 6.45) is -4.50. The number of sulfonamides is 1. The van der Waals surface area contributed by atoms with Gasteiger partial charge in [-0.15, -0.1) is 0 Å². The van der Waals surface area contributed by atoms with E-state index in [-0.39, 0.29) is 5.75 Å². The van der Waals surface area contributed by atoms with Crippen LogP contribution in [0.5, 0.6) is 0 Å². The minimum absolute atomic E-state index is 0.212. The Labute approximate surface area is 91.7 Å². The first-order chi connectivity index (χ1) is 7.08. The summed E-state index contributed by atoms with van der Waals surface area (Å²) >= 11 is 0. The molecule has 96 valence electrons. The lowest BCUT2D eigenvalue weighted by Gasteiger charge is -2.15. The van der Waals surface area contributed by atoms with Gasteiger partial charge in [0.05, 0.1) is 12.3 Å². The first kappa shape index (κ1) is 15.2. The quantitative estimate of drug-likeness (QED) is 0.755. The zero-order chi connectivity index (χ0) is 13.0. The highest BCUT2D eigenvalue weighted by atomic mass is 32.2. The summed E-state index contributed by atoms with van der Waals surface area (Å²) in [5.41, 5.74) is 0. The first-order valence-electron chi connectivity index (χ1n) is 4.36. The minimum Gasteiger partial charge on any atom is -0.346 e. The Kier molecular flexibility index (Phi) is 5.20. The van der Waals surface area contributed by atoms with Crippen LogP contribution in [0.1, 0.15) is 6.92 Å². The summed E-state index contributed by atoms with van der Waals surface area (Å²) in [6, 6.07) is 0. The van der Waals surface area contributed by atoms with Crippen LogP contribution in [-0.4, -0.2) is 50.7 Å². The molecule has 5 nitrogen and oxygen atoms in total. The van der Waals surface area contributed by atoms with E-state index in [1.807, 2.05) is 0 Å². The number of halogens is 3. The number of likely N-dealkylation sites (N-methyl/N-ethyl adjacent to an activating group) is 1. The molecule has 0 bridgehead atoms. The fourth-order valence-electron chi connectivity index (χ4n) is 0.776. The largest absolute Gasteiger partial charge is 0.405 e. The van der Waals surface area contributed by atoms with E-state index in [0.29, 0.717) is 4.31 Å². The number of hydrogen-bond acceptors (Lipinski definition) is 3. The van der Waals surface area contributed by atoms with Crippen LogP contribution in [0.25, 0.3) is 0 Å². The number of rotatable bonds is 5. The molecule has 0 heterocycles. The van der Waals surface area contributed by atoms with Crippen LogP contribution in [-0.2, 0) is 14.8 Å². The highest BCUT2D eigenvalue weighted by Crippen LogP contribution is 2.12. The van der Waals surface area contributed by atoms with Crippen molar-refractivity contribution in [2.24, 2.45) is 0 Å². The molecule has 0 rings (SSSR count). The zero-order valence-electron chi connectivity index (χ0n) is 8.84. The number of carbonyl (C=O) groups excluding carboxylic acids is 1. The molecule has 1 N–H and O–H groups in total. The van der Waals surface area contributed by atoms with E-state index in [2.05, 4.69) is 0 Å². The van der Waals surface area contributed by atoms with Crippen molar-refractivity contribution >= 4 is 15.9 Å². The number of amides is 1. The third kappa shape index (κ3) is 5.91. The second-order valence-electron chi connectivity index (χ2n) is 3.05. The highest BCUT2D eigenvalue weighted by molar-refractivity contribution is 7.89. The Bertz CT molecular complexity index is 339. The van der Waals surface area contributed by atoms with Gasteiger partial charge in [-0.25, -0.2) is 8.42 Å². The van der Waals surface area contributed by atoms with Gasteiger partial charge in [0.25, 0.3) is 0 Å². The number of nitrogens with zero attached hydrogens (tertiary/aromatic N) is 1. The van der Waals surface area contributed by atoms with Crippen LogP contribution in [0.2, 0.25) is 0 Å². The van der Waals surface area contributed by atoms with Gasteiger partial charge < -0.3 is 5.32 Å². The van der Waals surface area contributed by atoms with Gasteiger partial charge in [-0.2, -0.15) is 17.5 Å². The molecule has 0 unspecified atom stereocenters. The van der Waals surface area contributed by atoms with E-state index >= 15 is 0 Å². The maximum absolute atomic E-state index is 11.7. The lowest BCUT2D eigenvalue weighted by Crippen LogP contribution is -2.42. The fourth-order valence-corrected chi connectivity index (χ4v) is 1.53. The predicted molar refractivity (Wildman–Crippen MR) is 51.2 cm³/mol. The topological polar surface area (TPSA) is 66.5 Å². The molecule has 1 amide bonds. The summed E-state index contributed by atoms with van der Waals surface area (Å²) in [6.45, 7) is -0.711. The predicted octanol–water partition coefficient (Wildman–Crippen LogP) is -0.0536. The lowest BCUT2D eigenvalue weighted by atomic mass is 10.5. The molecule has 9 heteroatoms. The van der Waals surface area contributed by atoms with Gasteiger partial charge in [-0.3, -0.25) is 4.79 Å². The minimum atomic E-state index is -4.50. The summed E-state index contributed by atoms with van der Waals surface area (Å²) < 4.78 is 58.1. The van der Waals surface area contributed by atoms with Crippen molar-refractivity contribution in [2.75, 3.05) is 25.9 Å². The van der Waals surface area contributed by atoms with Crippen LogP contribution in [0.4, 0.5) is 13.2 Å². The third-order valence-corrected chi connectivity index (χ3v) is 3.50. The first-order valence-corrected chi connectivity index (χ1v) is 5.97. The number of carbonyl (C=O) groups is 1. The van der Waals surface area contributed by atoms with Gasteiger partial charge >= 0.3 is 6.18 Å². The number of hydrogen-bond donors (Lipinski definition) is 1. The highest BCUT2D eigenvalue weighted by Gasteiger charge is 2.28. The lowest BCUT2D eigenvalue weighted by molar-refractivity contribution is -0.138. The van der Waals surface area contributed by atoms with Crippen molar-refractivity contribution in [1.82, 2.24) is 9.62 Å². The van der Waals surface area contributed by atoms with Gasteiger partial charge in [0, 0.05) is 7.05 Å². The molecule has 0 aromatic rings. The van der Waals surface area contributed by atoms with E-state index in [0.717, 1.165) is 7.05 Å². The summed E-state index contributed by atoms with van der Waals surface area (Å²) in [5.74, 6) is -1.20. The number of nitrogens with one attached hydrogen (secondary N) is 1. The van der Waals surface area contributed by atoms with Crippen LogP contribution < -0.4 is 5.32 Å². The van der Waals surface area contributed by atoms with Crippen molar-refractivity contribution in [3.8, 4) is 0 Å². The normalized spacial score (nSPS) is 12.9. The van der Waals surface area contributed by atoms with Gasteiger partial charge in [0.15, 0.2) is 0 Å². The molecule has 0 aliphatic carbocycles. The Morgan fingerprint density at radius 3 is 2.25 bits per heavy atom. The summed E-state index contributed by atoms with van der Waals surface area (Å²) in [5, 5.41) is 1.58. The molecule has 0 fully saturated rings. The van der Waals surface area contributed by atoms with Crippen LogP contribution >= 0.6 is 0 Å². The van der Waals surface area contributed by atoms with Crippen molar-refractivity contribution in [2.45, 2.75) is 13.1 Å². The van der Waals surface area contributed by atoms with Crippen molar-refractivity contribution < 1.29 is 26.4 Å². The SMILES string of the molecule is CCS(=O)(=O)N(C)CC(=O)NCC(F)(F)F.